The Kier molecular flexibility index (Phi) is 10.1. The smallest absolute Gasteiger partial charge is 0.0483 e. The van der Waals surface area contributed by atoms with E-state index in [2.05, 4.69) is 0 Å². The molecule has 0 atom stereocenters. The van der Waals surface area contributed by atoms with Crippen molar-refractivity contribution in [2.45, 2.75) is 20.0 Å². The van der Waals surface area contributed by atoms with Gasteiger partial charge < -0.3 is 5.11 Å². The third-order valence-electron chi connectivity index (χ3n) is 0. The molecule has 0 rings (SSSR count). The SMILES string of the molecule is CC(C)O.[Sm]. The fraction of sp³-hybridized carbons (Fsp3) is 1.00. The summed E-state index contributed by atoms with van der Waals surface area (Å²) in [4.78, 5) is 0. The molecule has 0 aromatic rings. The summed E-state index contributed by atoms with van der Waals surface area (Å²) in [5.74, 6) is 0. The Morgan fingerprint density at radius 3 is 1.40 bits per heavy atom. The van der Waals surface area contributed by atoms with E-state index in [0.29, 0.717) is 0 Å². The number of rotatable bonds is 0. The van der Waals surface area contributed by atoms with Gasteiger partial charge in [0.1, 0.15) is 0 Å². The maximum Gasteiger partial charge on any atom is 0.0483 e. The zero-order valence-electron chi connectivity index (χ0n) is 3.43. The van der Waals surface area contributed by atoms with E-state index in [4.69, 9.17) is 5.11 Å². The second kappa shape index (κ2) is 5.30. The summed E-state index contributed by atoms with van der Waals surface area (Å²) in [5, 5.41) is 8.06. The largest absolute Gasteiger partial charge is 0.394 e. The van der Waals surface area contributed by atoms with Gasteiger partial charge >= 0.3 is 0 Å². The second-order valence-corrected chi connectivity index (χ2v) is 1.09. The number of hydrogen-bond acceptors (Lipinski definition) is 1. The molecule has 0 saturated carbocycles. The Labute approximate surface area is 64.9 Å². The molecule has 0 aliphatic heterocycles. The van der Waals surface area contributed by atoms with E-state index in [1.807, 2.05) is 0 Å². The van der Waals surface area contributed by atoms with Crippen LogP contribution in [0.25, 0.3) is 0 Å². The van der Waals surface area contributed by atoms with Crippen molar-refractivity contribution in [2.75, 3.05) is 0 Å². The summed E-state index contributed by atoms with van der Waals surface area (Å²) in [6, 6.07) is 0. The van der Waals surface area contributed by atoms with Crippen LogP contribution in [0.4, 0.5) is 0 Å². The molecule has 0 radical (unpaired) electrons. The van der Waals surface area contributed by atoms with Crippen molar-refractivity contribution in [1.29, 1.82) is 0 Å². The van der Waals surface area contributed by atoms with Crippen LogP contribution >= 0.6 is 0 Å². The Hall–Kier alpha value is 1.30. The van der Waals surface area contributed by atoms with Crippen LogP contribution in [0.15, 0.2) is 0 Å². The molecule has 0 aliphatic carbocycles. The van der Waals surface area contributed by atoms with Gasteiger partial charge in [-0.1, -0.05) is 0 Å². The minimum Gasteiger partial charge on any atom is -0.394 e. The molecule has 0 unspecified atom stereocenters. The van der Waals surface area contributed by atoms with Crippen LogP contribution in [0.3, 0.4) is 0 Å². The van der Waals surface area contributed by atoms with Gasteiger partial charge in [-0.25, -0.2) is 0 Å². The van der Waals surface area contributed by atoms with Crippen LogP contribution in [0.2, 0.25) is 0 Å². The molecule has 0 bridgehead atoms. The van der Waals surface area contributed by atoms with Gasteiger partial charge in [-0.15, -0.1) is 0 Å². The molecular formula is C3H8OSm. The fourth-order valence-corrected chi connectivity index (χ4v) is 0. The van der Waals surface area contributed by atoms with Crippen molar-refractivity contribution >= 4 is 0 Å². The van der Waals surface area contributed by atoms with E-state index in [-0.39, 0.29) is 46.5 Å². The first kappa shape index (κ1) is 9.57. The van der Waals surface area contributed by atoms with Gasteiger partial charge in [-0.05, 0) is 13.8 Å². The summed E-state index contributed by atoms with van der Waals surface area (Å²) in [6.07, 6.45) is -0.167. The van der Waals surface area contributed by atoms with Crippen molar-refractivity contribution in [3.8, 4) is 0 Å². The summed E-state index contributed by atoms with van der Waals surface area (Å²) < 4.78 is 0. The molecule has 0 aliphatic rings. The monoisotopic (exact) mass is 212 g/mol. The number of aliphatic hydroxyl groups excluding tert-OH is 1. The van der Waals surface area contributed by atoms with Crippen LogP contribution in [-0.2, 0) is 0 Å². The average Bonchev–Trinajstić information content (AvgIpc) is 0.811. The Morgan fingerprint density at radius 1 is 1.40 bits per heavy atom. The minimum atomic E-state index is -0.167. The van der Waals surface area contributed by atoms with Crippen LogP contribution < -0.4 is 0 Å². The van der Waals surface area contributed by atoms with Crippen LogP contribution in [0, 0.1) is 40.4 Å². The van der Waals surface area contributed by atoms with Crippen LogP contribution in [-0.4, -0.2) is 11.2 Å². The zero-order chi connectivity index (χ0) is 3.58. The van der Waals surface area contributed by atoms with Crippen molar-refractivity contribution in [2.24, 2.45) is 0 Å². The molecule has 0 amide bonds. The molecule has 0 fully saturated rings. The minimum absolute atomic E-state index is 0. The quantitative estimate of drug-likeness (QED) is 0.613. The average molecular weight is 210 g/mol. The predicted octanol–water partition coefficient (Wildman–Crippen LogP) is 0.387. The number of aliphatic hydroxyl groups is 1. The molecule has 0 aromatic carbocycles. The van der Waals surface area contributed by atoms with E-state index < -0.39 is 0 Å². The molecule has 32 valence electrons. The van der Waals surface area contributed by atoms with Crippen molar-refractivity contribution < 1.29 is 45.5 Å². The van der Waals surface area contributed by atoms with Gasteiger partial charge in [0.2, 0.25) is 0 Å². The van der Waals surface area contributed by atoms with E-state index in [1.54, 1.807) is 13.8 Å². The van der Waals surface area contributed by atoms with Crippen LogP contribution in [0.5, 0.6) is 0 Å². The summed E-state index contributed by atoms with van der Waals surface area (Å²) >= 11 is 0. The fourth-order valence-electron chi connectivity index (χ4n) is 0. The summed E-state index contributed by atoms with van der Waals surface area (Å²) in [7, 11) is 0. The molecule has 1 nitrogen and oxygen atoms in total. The van der Waals surface area contributed by atoms with Crippen molar-refractivity contribution in [3.05, 3.63) is 0 Å². The Morgan fingerprint density at radius 2 is 1.40 bits per heavy atom. The molecule has 5 heavy (non-hydrogen) atoms. The maximum absolute atomic E-state index is 8.06. The maximum atomic E-state index is 8.06. The molecular weight excluding hydrogens is 202 g/mol. The van der Waals surface area contributed by atoms with Crippen molar-refractivity contribution in [1.82, 2.24) is 0 Å². The molecule has 0 spiro atoms. The molecule has 0 aromatic heterocycles. The van der Waals surface area contributed by atoms with E-state index >= 15 is 0 Å². The summed E-state index contributed by atoms with van der Waals surface area (Å²) in [6.45, 7) is 3.44. The Balaban J connectivity index is 0. The topological polar surface area (TPSA) is 20.2 Å². The zero-order valence-corrected chi connectivity index (χ0v) is 6.05. The van der Waals surface area contributed by atoms with Gasteiger partial charge in [-0.2, -0.15) is 0 Å². The van der Waals surface area contributed by atoms with Gasteiger partial charge in [0.25, 0.3) is 0 Å². The predicted molar refractivity (Wildman–Crippen MR) is 17.4 cm³/mol. The first-order valence-electron chi connectivity index (χ1n) is 1.41. The van der Waals surface area contributed by atoms with E-state index in [1.165, 1.54) is 0 Å². The van der Waals surface area contributed by atoms with Crippen molar-refractivity contribution in [3.63, 3.8) is 0 Å². The third-order valence-corrected chi connectivity index (χ3v) is 0. The van der Waals surface area contributed by atoms with E-state index in [9.17, 15) is 0 Å². The molecule has 1 N–H and O–H groups in total. The first-order valence-corrected chi connectivity index (χ1v) is 1.41. The molecule has 0 saturated heterocycles. The normalized spacial score (nSPS) is 7.20. The molecule has 2 heteroatoms. The Bertz CT molecular complexity index is 11.6. The third kappa shape index (κ3) is 34.2. The van der Waals surface area contributed by atoms with Gasteiger partial charge in [0.05, 0.1) is 0 Å². The molecule has 0 heterocycles. The van der Waals surface area contributed by atoms with Gasteiger partial charge in [0, 0.05) is 46.5 Å². The number of hydrogen-bond donors (Lipinski definition) is 1. The van der Waals surface area contributed by atoms with Gasteiger partial charge in [0.15, 0.2) is 0 Å². The first-order chi connectivity index (χ1) is 1.73. The van der Waals surface area contributed by atoms with E-state index in [0.717, 1.165) is 0 Å². The second-order valence-electron chi connectivity index (χ2n) is 1.09. The summed E-state index contributed by atoms with van der Waals surface area (Å²) in [5.41, 5.74) is 0. The van der Waals surface area contributed by atoms with Crippen LogP contribution in [0.1, 0.15) is 13.8 Å². The standard InChI is InChI=1S/C3H8O.Sm/c1-3(2)4;/h3-4H,1-2H3;. The van der Waals surface area contributed by atoms with Gasteiger partial charge in [-0.3, -0.25) is 0 Å².